The average molecular weight is 503 g/mol. The number of benzene rings is 2. The Morgan fingerprint density at radius 1 is 1.09 bits per heavy atom. The maximum Gasteiger partial charge on any atom is 0.421 e. The quantitative estimate of drug-likeness (QED) is 0.564. The fraction of sp³-hybridized carbons (Fsp3) is 0.478. The van der Waals surface area contributed by atoms with Crippen molar-refractivity contribution in [2.75, 3.05) is 24.5 Å². The lowest BCUT2D eigenvalue weighted by atomic mass is 9.94. The van der Waals surface area contributed by atoms with Crippen LogP contribution in [0, 0.1) is 5.92 Å². The minimum Gasteiger partial charge on any atom is -0.376 e. The van der Waals surface area contributed by atoms with Gasteiger partial charge in [-0.15, -0.1) is 12.6 Å². The van der Waals surface area contributed by atoms with Crippen molar-refractivity contribution >= 4 is 28.3 Å². The van der Waals surface area contributed by atoms with Crippen LogP contribution in [-0.4, -0.2) is 49.7 Å². The molecule has 1 fully saturated rings. The van der Waals surface area contributed by atoms with Crippen molar-refractivity contribution in [1.82, 2.24) is 4.31 Å². The molecule has 2 atom stereocenters. The Hall–Kier alpha value is -1.75. The van der Waals surface area contributed by atoms with E-state index in [1.54, 1.807) is 30.3 Å². The van der Waals surface area contributed by atoms with E-state index in [1.807, 2.05) is 18.7 Å². The molecule has 1 heterocycles. The summed E-state index contributed by atoms with van der Waals surface area (Å²) in [6.07, 6.45) is -4.09. The zero-order chi connectivity index (χ0) is 24.6. The highest BCUT2D eigenvalue weighted by atomic mass is 32.2. The molecule has 2 aromatic carbocycles. The molecule has 1 aliphatic rings. The molecule has 182 valence electrons. The summed E-state index contributed by atoms with van der Waals surface area (Å²) in [4.78, 5) is 2.57. The van der Waals surface area contributed by atoms with E-state index in [1.165, 1.54) is 22.5 Å². The Balaban J connectivity index is 1.87. The zero-order valence-corrected chi connectivity index (χ0v) is 20.5. The molecule has 0 aromatic heterocycles. The molecule has 2 aromatic rings. The number of nitrogens with zero attached hydrogens (tertiary/aromatic N) is 2. The lowest BCUT2D eigenvalue weighted by Gasteiger charge is -2.43. The number of alkyl halides is 3. The lowest BCUT2D eigenvalue weighted by molar-refractivity contribution is -0.258. The normalized spacial score (nSPS) is 20.2. The summed E-state index contributed by atoms with van der Waals surface area (Å²) in [5.74, 6) is 0.280. The first-order valence-corrected chi connectivity index (χ1v) is 12.6. The van der Waals surface area contributed by atoms with Gasteiger partial charge in [0.15, 0.2) is 5.60 Å². The molecule has 0 unspecified atom stereocenters. The number of hydrogen-bond donors (Lipinski definition) is 2. The van der Waals surface area contributed by atoms with Crippen molar-refractivity contribution in [3.05, 3.63) is 54.1 Å². The number of piperazine rings is 1. The molecule has 1 N–H and O–H groups in total. The van der Waals surface area contributed by atoms with Crippen molar-refractivity contribution < 1.29 is 26.7 Å². The molecule has 0 amide bonds. The highest BCUT2D eigenvalue weighted by Gasteiger charge is 2.51. The molecule has 0 spiro atoms. The van der Waals surface area contributed by atoms with E-state index in [0.717, 1.165) is 6.92 Å². The second-order valence-electron chi connectivity index (χ2n) is 8.92. The van der Waals surface area contributed by atoms with Crippen LogP contribution < -0.4 is 4.90 Å². The van der Waals surface area contributed by atoms with E-state index in [9.17, 15) is 26.7 Å². The van der Waals surface area contributed by atoms with Crippen LogP contribution in [-0.2, 0) is 15.6 Å². The summed E-state index contributed by atoms with van der Waals surface area (Å²) in [5.41, 5.74) is -2.50. The molecule has 1 aliphatic heterocycles. The van der Waals surface area contributed by atoms with Crippen LogP contribution in [0.4, 0.5) is 18.9 Å². The average Bonchev–Trinajstić information content (AvgIpc) is 2.73. The minimum absolute atomic E-state index is 0.156. The number of hydrogen-bond acceptors (Lipinski definition) is 5. The van der Waals surface area contributed by atoms with Gasteiger partial charge in [-0.25, -0.2) is 8.42 Å². The summed E-state index contributed by atoms with van der Waals surface area (Å²) >= 11 is 4.30. The van der Waals surface area contributed by atoms with E-state index in [0.29, 0.717) is 23.5 Å². The van der Waals surface area contributed by atoms with Crippen LogP contribution in [0.15, 0.2) is 58.3 Å². The summed E-state index contributed by atoms with van der Waals surface area (Å²) < 4.78 is 67.5. The Bertz CT molecular complexity index is 1070. The van der Waals surface area contributed by atoms with Crippen LogP contribution in [0.1, 0.15) is 32.8 Å². The predicted octanol–water partition coefficient (Wildman–Crippen LogP) is 4.67. The van der Waals surface area contributed by atoms with Gasteiger partial charge in [0, 0.05) is 36.3 Å². The molecule has 0 bridgehead atoms. The highest BCUT2D eigenvalue weighted by molar-refractivity contribution is 7.90. The van der Waals surface area contributed by atoms with E-state index in [2.05, 4.69) is 12.6 Å². The van der Waals surface area contributed by atoms with Gasteiger partial charge in [0.25, 0.3) is 0 Å². The first-order chi connectivity index (χ1) is 15.2. The SMILES string of the molecule is CC(C)C[C@@H]1CN(S(=O)(=O)c2ccccc2S)CCN1c1ccc([C@@](C)(O)C(F)(F)F)cc1. The number of rotatable bonds is 6. The van der Waals surface area contributed by atoms with Gasteiger partial charge in [0.2, 0.25) is 10.0 Å². The third-order valence-electron chi connectivity index (χ3n) is 5.99. The first kappa shape index (κ1) is 25.9. The summed E-state index contributed by atoms with van der Waals surface area (Å²) in [5, 5.41) is 9.93. The number of anilines is 1. The van der Waals surface area contributed by atoms with Gasteiger partial charge in [0.1, 0.15) is 0 Å². The maximum absolute atomic E-state index is 13.3. The van der Waals surface area contributed by atoms with Crippen LogP contribution in [0.5, 0.6) is 0 Å². The second kappa shape index (κ2) is 9.48. The van der Waals surface area contributed by atoms with Crippen LogP contribution in [0.2, 0.25) is 0 Å². The zero-order valence-electron chi connectivity index (χ0n) is 18.7. The molecule has 10 heteroatoms. The van der Waals surface area contributed by atoms with Gasteiger partial charge in [-0.3, -0.25) is 0 Å². The molecular formula is C23H29F3N2O3S2. The Morgan fingerprint density at radius 3 is 2.24 bits per heavy atom. The summed E-state index contributed by atoms with van der Waals surface area (Å²) in [7, 11) is -3.74. The van der Waals surface area contributed by atoms with Crippen molar-refractivity contribution in [3.63, 3.8) is 0 Å². The van der Waals surface area contributed by atoms with E-state index in [-0.39, 0.29) is 35.5 Å². The second-order valence-corrected chi connectivity index (χ2v) is 11.3. The van der Waals surface area contributed by atoms with Gasteiger partial charge in [-0.1, -0.05) is 38.1 Å². The van der Waals surface area contributed by atoms with Gasteiger partial charge < -0.3 is 10.0 Å². The number of halogens is 3. The van der Waals surface area contributed by atoms with E-state index < -0.39 is 21.8 Å². The monoisotopic (exact) mass is 502 g/mol. The number of sulfonamides is 1. The van der Waals surface area contributed by atoms with Crippen LogP contribution in [0.3, 0.4) is 0 Å². The largest absolute Gasteiger partial charge is 0.421 e. The fourth-order valence-corrected chi connectivity index (χ4v) is 6.14. The van der Waals surface area contributed by atoms with Gasteiger partial charge >= 0.3 is 6.18 Å². The van der Waals surface area contributed by atoms with Crippen LogP contribution in [0.25, 0.3) is 0 Å². The van der Waals surface area contributed by atoms with Crippen molar-refractivity contribution in [2.45, 2.75) is 54.8 Å². The predicted molar refractivity (Wildman–Crippen MR) is 125 cm³/mol. The first-order valence-electron chi connectivity index (χ1n) is 10.7. The molecule has 3 rings (SSSR count). The standard InChI is InChI=1S/C23H29F3N2O3S2/c1-16(2)14-19-15-27(33(30,31)21-7-5-4-6-20(21)32)12-13-28(19)18-10-8-17(9-11-18)22(3,29)23(24,25)26/h4-11,16,19,29,32H,12-15H2,1-3H3/t19-,22-/m1/s1. The Morgan fingerprint density at radius 2 is 1.70 bits per heavy atom. The Labute approximate surface area is 198 Å². The smallest absolute Gasteiger partial charge is 0.376 e. The van der Waals surface area contributed by atoms with Crippen molar-refractivity contribution in [1.29, 1.82) is 0 Å². The van der Waals surface area contributed by atoms with Gasteiger partial charge in [0.05, 0.1) is 4.90 Å². The number of aliphatic hydroxyl groups is 1. The van der Waals surface area contributed by atoms with Crippen molar-refractivity contribution in [2.24, 2.45) is 5.92 Å². The molecule has 0 aliphatic carbocycles. The molecule has 0 saturated carbocycles. The minimum atomic E-state index is -4.79. The maximum atomic E-state index is 13.3. The third-order valence-corrected chi connectivity index (χ3v) is 8.45. The fourth-order valence-electron chi connectivity index (χ4n) is 4.09. The van der Waals surface area contributed by atoms with E-state index in [4.69, 9.17) is 0 Å². The number of thiol groups is 1. The van der Waals surface area contributed by atoms with E-state index >= 15 is 0 Å². The molecule has 5 nitrogen and oxygen atoms in total. The van der Waals surface area contributed by atoms with Gasteiger partial charge in [-0.2, -0.15) is 17.5 Å². The molecule has 1 saturated heterocycles. The molecule has 33 heavy (non-hydrogen) atoms. The van der Waals surface area contributed by atoms with Crippen molar-refractivity contribution in [3.8, 4) is 0 Å². The highest BCUT2D eigenvalue weighted by Crippen LogP contribution is 2.39. The summed E-state index contributed by atoms with van der Waals surface area (Å²) in [6.45, 7) is 5.69. The lowest BCUT2D eigenvalue weighted by Crippen LogP contribution is -2.55. The van der Waals surface area contributed by atoms with Crippen LogP contribution >= 0.6 is 12.6 Å². The summed E-state index contributed by atoms with van der Waals surface area (Å²) in [6, 6.07) is 12.0. The van der Waals surface area contributed by atoms with Gasteiger partial charge in [-0.05, 0) is 49.1 Å². The molecular weight excluding hydrogens is 473 g/mol. The third kappa shape index (κ3) is 5.34. The topological polar surface area (TPSA) is 60.9 Å². The molecule has 0 radical (unpaired) electrons. The Kier molecular flexibility index (Phi) is 7.43.